The molecule has 1 unspecified atom stereocenters. The van der Waals surface area contributed by atoms with Gasteiger partial charge in [0.1, 0.15) is 0 Å². The van der Waals surface area contributed by atoms with Crippen molar-refractivity contribution in [1.82, 2.24) is 4.31 Å². The van der Waals surface area contributed by atoms with E-state index in [0.717, 1.165) is 11.6 Å². The summed E-state index contributed by atoms with van der Waals surface area (Å²) in [6.07, 6.45) is 0. The molecule has 30 heavy (non-hydrogen) atoms. The number of methoxy groups -OCH3 is 2. The van der Waals surface area contributed by atoms with Crippen molar-refractivity contribution in [1.29, 1.82) is 0 Å². The van der Waals surface area contributed by atoms with Crippen LogP contribution in [0.5, 0.6) is 0 Å². The summed E-state index contributed by atoms with van der Waals surface area (Å²) in [5.74, 6) is -1.22. The maximum Gasteiger partial charge on any atom is 0.336 e. The molecular weight excluding hydrogens is 430 g/mol. The number of carboxylic acid groups (broad SMARTS) is 1. The fourth-order valence-electron chi connectivity index (χ4n) is 2.73. The molecule has 1 atom stereocenters. The highest BCUT2D eigenvalue weighted by molar-refractivity contribution is 7.89. The van der Waals surface area contributed by atoms with Crippen LogP contribution in [0.3, 0.4) is 0 Å². The van der Waals surface area contributed by atoms with Gasteiger partial charge < -0.3 is 14.6 Å². The molecule has 0 heterocycles. The summed E-state index contributed by atoms with van der Waals surface area (Å²) in [5, 5.41) is 9.61. The second kappa shape index (κ2) is 11.3. The van der Waals surface area contributed by atoms with Crippen LogP contribution in [0.2, 0.25) is 0 Å². The molecule has 0 fully saturated rings. The minimum atomic E-state index is -3.99. The van der Waals surface area contributed by atoms with E-state index >= 15 is 0 Å². The second-order valence-corrected chi connectivity index (χ2v) is 9.69. The number of benzene rings is 2. The number of hydrogen-bond donors (Lipinski definition) is 1. The molecule has 2 aromatic rings. The summed E-state index contributed by atoms with van der Waals surface area (Å²) in [7, 11) is -2.73. The average molecular weight is 456 g/mol. The summed E-state index contributed by atoms with van der Waals surface area (Å²) in [6, 6.07) is 12.7. The van der Waals surface area contributed by atoms with Crippen LogP contribution in [0, 0.1) is 0 Å². The van der Waals surface area contributed by atoms with E-state index in [2.05, 4.69) is 0 Å². The summed E-state index contributed by atoms with van der Waals surface area (Å²) in [4.78, 5) is 11.7. The van der Waals surface area contributed by atoms with Crippen LogP contribution >= 0.6 is 0 Å². The molecule has 0 aliphatic heterocycles. The number of carbonyl (C=O) groups is 1. The number of ether oxygens (including phenoxy) is 2. The Morgan fingerprint density at radius 3 is 2.17 bits per heavy atom. The van der Waals surface area contributed by atoms with Crippen molar-refractivity contribution in [2.75, 3.05) is 40.5 Å². The third-order valence-electron chi connectivity index (χ3n) is 4.29. The predicted molar refractivity (Wildman–Crippen MR) is 112 cm³/mol. The van der Waals surface area contributed by atoms with Gasteiger partial charge in [0.2, 0.25) is 10.0 Å². The number of rotatable bonds is 12. The van der Waals surface area contributed by atoms with Crippen LogP contribution in [0.25, 0.3) is 0 Å². The molecule has 10 heteroatoms. The van der Waals surface area contributed by atoms with E-state index in [0.29, 0.717) is 0 Å². The average Bonchev–Trinajstić information content (AvgIpc) is 2.73. The van der Waals surface area contributed by atoms with Gasteiger partial charge in [0.15, 0.2) is 0 Å². The zero-order valence-corrected chi connectivity index (χ0v) is 18.4. The molecule has 0 saturated heterocycles. The van der Waals surface area contributed by atoms with E-state index in [9.17, 15) is 22.5 Å². The van der Waals surface area contributed by atoms with E-state index < -0.39 is 26.8 Å². The lowest BCUT2D eigenvalue weighted by Crippen LogP contribution is -2.36. The van der Waals surface area contributed by atoms with Gasteiger partial charge in [0, 0.05) is 27.3 Å². The Hall–Kier alpha value is -2.11. The standard InChI is InChI=1S/C20H25NO7S2/c1-27-12-10-21(11-13-28-2)30(25,26)17-8-9-19(18(14-17)20(22)23)29(24)15-16-6-4-3-5-7-16/h3-9,14H,10-13,15H2,1-2H3,(H,22,23). The topological polar surface area (TPSA) is 110 Å². The Kier molecular flexibility index (Phi) is 9.12. The number of carboxylic acids is 1. The van der Waals surface area contributed by atoms with Gasteiger partial charge in [-0.1, -0.05) is 30.3 Å². The molecule has 164 valence electrons. The van der Waals surface area contributed by atoms with Gasteiger partial charge in [-0.15, -0.1) is 0 Å². The summed E-state index contributed by atoms with van der Waals surface area (Å²) >= 11 is 0. The van der Waals surface area contributed by atoms with Gasteiger partial charge in [0.05, 0.1) is 45.1 Å². The molecule has 0 aliphatic rings. The van der Waals surface area contributed by atoms with Crippen molar-refractivity contribution >= 4 is 26.8 Å². The Bertz CT molecular complexity index is 970. The third kappa shape index (κ3) is 6.19. The third-order valence-corrected chi connectivity index (χ3v) is 7.63. The largest absolute Gasteiger partial charge is 0.478 e. The van der Waals surface area contributed by atoms with Gasteiger partial charge in [-0.3, -0.25) is 4.21 Å². The van der Waals surface area contributed by atoms with E-state index in [1.165, 1.54) is 30.7 Å². The number of hydrogen-bond acceptors (Lipinski definition) is 6. The SMILES string of the molecule is COCCN(CCOC)S(=O)(=O)c1ccc(S(=O)Cc2ccccc2)c(C(=O)O)c1. The Labute approximate surface area is 178 Å². The molecule has 0 spiro atoms. The van der Waals surface area contributed by atoms with Crippen molar-refractivity contribution in [3.8, 4) is 0 Å². The maximum absolute atomic E-state index is 13.0. The predicted octanol–water partition coefficient (Wildman–Crippen LogP) is 1.98. The first-order chi connectivity index (χ1) is 14.3. The zero-order chi connectivity index (χ0) is 22.1. The quantitative estimate of drug-likeness (QED) is 0.521. The fraction of sp³-hybridized carbons (Fsp3) is 0.350. The van der Waals surface area contributed by atoms with Gasteiger partial charge in [-0.25, -0.2) is 13.2 Å². The summed E-state index contributed by atoms with van der Waals surface area (Å²) in [5.41, 5.74) is 0.484. The van der Waals surface area contributed by atoms with E-state index in [1.807, 2.05) is 6.07 Å². The van der Waals surface area contributed by atoms with Crippen molar-refractivity contribution in [2.45, 2.75) is 15.5 Å². The molecule has 0 amide bonds. The first-order valence-corrected chi connectivity index (χ1v) is 11.8. The van der Waals surface area contributed by atoms with E-state index in [4.69, 9.17) is 9.47 Å². The Balaban J connectivity index is 2.38. The number of aromatic carboxylic acids is 1. The molecular formula is C20H25NO7S2. The van der Waals surface area contributed by atoms with Gasteiger partial charge in [0.25, 0.3) is 0 Å². The fourth-order valence-corrected chi connectivity index (χ4v) is 5.42. The van der Waals surface area contributed by atoms with Crippen molar-refractivity contribution in [3.63, 3.8) is 0 Å². The molecule has 0 aromatic heterocycles. The first-order valence-electron chi connectivity index (χ1n) is 9.09. The van der Waals surface area contributed by atoms with Gasteiger partial charge in [-0.05, 0) is 23.8 Å². The second-order valence-electron chi connectivity index (χ2n) is 6.33. The minimum Gasteiger partial charge on any atom is -0.478 e. The molecule has 1 N–H and O–H groups in total. The highest BCUT2D eigenvalue weighted by atomic mass is 32.2. The van der Waals surface area contributed by atoms with Gasteiger partial charge in [-0.2, -0.15) is 4.31 Å². The van der Waals surface area contributed by atoms with Crippen molar-refractivity contribution in [3.05, 3.63) is 59.7 Å². The van der Waals surface area contributed by atoms with Crippen LogP contribution in [0.4, 0.5) is 0 Å². The highest BCUT2D eigenvalue weighted by Crippen LogP contribution is 2.24. The smallest absolute Gasteiger partial charge is 0.336 e. The zero-order valence-electron chi connectivity index (χ0n) is 16.8. The molecule has 8 nitrogen and oxygen atoms in total. The van der Waals surface area contributed by atoms with Crippen molar-refractivity contribution in [2.24, 2.45) is 0 Å². The first kappa shape index (κ1) is 24.2. The lowest BCUT2D eigenvalue weighted by atomic mass is 10.2. The molecule has 0 aliphatic carbocycles. The normalized spacial score (nSPS) is 12.8. The summed E-state index contributed by atoms with van der Waals surface area (Å²) < 4.78 is 50.0. The van der Waals surface area contributed by atoms with Crippen LogP contribution < -0.4 is 0 Å². The Morgan fingerprint density at radius 2 is 1.63 bits per heavy atom. The lowest BCUT2D eigenvalue weighted by Gasteiger charge is -2.22. The molecule has 2 rings (SSSR count). The van der Waals surface area contributed by atoms with E-state index in [-0.39, 0.29) is 47.4 Å². The number of sulfonamides is 1. The van der Waals surface area contributed by atoms with Crippen LogP contribution in [0.1, 0.15) is 15.9 Å². The monoisotopic (exact) mass is 455 g/mol. The molecule has 0 bridgehead atoms. The van der Waals surface area contributed by atoms with Gasteiger partial charge >= 0.3 is 5.97 Å². The molecule has 0 radical (unpaired) electrons. The summed E-state index contributed by atoms with van der Waals surface area (Å²) in [6.45, 7) is 0.528. The van der Waals surface area contributed by atoms with Crippen LogP contribution in [-0.2, 0) is 36.0 Å². The Morgan fingerprint density at radius 1 is 1.03 bits per heavy atom. The van der Waals surface area contributed by atoms with Crippen LogP contribution in [-0.4, -0.2) is 68.5 Å². The number of nitrogens with zero attached hydrogens (tertiary/aromatic N) is 1. The highest BCUT2D eigenvalue weighted by Gasteiger charge is 2.27. The molecule has 2 aromatic carbocycles. The van der Waals surface area contributed by atoms with Crippen molar-refractivity contribution < 1.29 is 32.0 Å². The minimum absolute atomic E-state index is 0.0747. The lowest BCUT2D eigenvalue weighted by molar-refractivity contribution is 0.0692. The maximum atomic E-state index is 13.0. The van der Waals surface area contributed by atoms with Crippen LogP contribution in [0.15, 0.2) is 58.3 Å². The van der Waals surface area contributed by atoms with E-state index in [1.54, 1.807) is 24.3 Å². The molecule has 0 saturated carbocycles.